The third-order valence-corrected chi connectivity index (χ3v) is 1.52. The number of aliphatic carboxylic acids is 1. The maximum absolute atomic E-state index is 10.5. The molecule has 5 nitrogen and oxygen atoms in total. The van der Waals surface area contributed by atoms with Crippen LogP contribution in [0.4, 0.5) is 0 Å². The Morgan fingerprint density at radius 3 is 2.18 bits per heavy atom. The van der Waals surface area contributed by atoms with Gasteiger partial charge >= 0.3 is 5.97 Å². The van der Waals surface area contributed by atoms with Crippen molar-refractivity contribution in [1.29, 1.82) is 0 Å². The predicted octanol–water partition coefficient (Wildman–Crippen LogP) is -1.02. The van der Waals surface area contributed by atoms with Gasteiger partial charge in [-0.25, -0.2) is 4.79 Å². The van der Waals surface area contributed by atoms with E-state index in [-0.39, 0.29) is 19.1 Å². The minimum absolute atomic E-state index is 0.0575. The average molecular weight is 159 g/mol. The molecule has 0 atom stereocenters. The van der Waals surface area contributed by atoms with Crippen LogP contribution in [0.15, 0.2) is 0 Å². The highest BCUT2D eigenvalue weighted by molar-refractivity contribution is 5.87. The minimum atomic E-state index is -1.16. The van der Waals surface area contributed by atoms with Crippen LogP contribution in [0.5, 0.6) is 0 Å². The highest BCUT2D eigenvalue weighted by Crippen LogP contribution is 2.16. The van der Waals surface area contributed by atoms with Crippen molar-refractivity contribution in [3.05, 3.63) is 0 Å². The molecule has 1 rings (SSSR count). The number of amides is 1. The molecule has 5 heteroatoms. The zero-order valence-electron chi connectivity index (χ0n) is 6.09. The van der Waals surface area contributed by atoms with Crippen LogP contribution in [0.3, 0.4) is 0 Å². The summed E-state index contributed by atoms with van der Waals surface area (Å²) >= 11 is 0. The van der Waals surface area contributed by atoms with E-state index >= 15 is 0 Å². The van der Waals surface area contributed by atoms with Gasteiger partial charge in [-0.15, -0.1) is 0 Å². The molecule has 1 aliphatic rings. The van der Waals surface area contributed by atoms with Crippen molar-refractivity contribution < 1.29 is 19.4 Å². The first-order valence-electron chi connectivity index (χ1n) is 3.17. The number of carbonyl (C=O) groups excluding carboxylic acids is 1. The number of carbonyl (C=O) groups is 2. The lowest BCUT2D eigenvalue weighted by Crippen LogP contribution is -2.66. The minimum Gasteiger partial charge on any atom is -0.479 e. The number of nitrogens with one attached hydrogen (secondary N) is 1. The van der Waals surface area contributed by atoms with Crippen LogP contribution in [0.1, 0.15) is 6.92 Å². The number of carboxylic acids is 1. The lowest BCUT2D eigenvalue weighted by atomic mass is 9.98. The fraction of sp³-hybridized carbons (Fsp3) is 0.667. The molecule has 0 aromatic heterocycles. The molecule has 0 saturated carbocycles. The molecule has 1 aliphatic heterocycles. The molecule has 1 heterocycles. The normalized spacial score (nSPS) is 20.1. The molecule has 1 saturated heterocycles. The monoisotopic (exact) mass is 159 g/mol. The number of carboxylic acid groups (broad SMARTS) is 1. The summed E-state index contributed by atoms with van der Waals surface area (Å²) in [5.74, 6) is -1.39. The molecule has 0 radical (unpaired) electrons. The Bertz CT molecular complexity index is 197. The molecule has 0 aliphatic carbocycles. The summed E-state index contributed by atoms with van der Waals surface area (Å²) in [6.07, 6.45) is 0. The van der Waals surface area contributed by atoms with Gasteiger partial charge in [-0.2, -0.15) is 0 Å². The first kappa shape index (κ1) is 8.00. The Kier molecular flexibility index (Phi) is 1.82. The van der Waals surface area contributed by atoms with Gasteiger partial charge in [-0.1, -0.05) is 0 Å². The van der Waals surface area contributed by atoms with Gasteiger partial charge in [0.05, 0.1) is 13.2 Å². The maximum atomic E-state index is 10.5. The van der Waals surface area contributed by atoms with E-state index < -0.39 is 11.5 Å². The van der Waals surface area contributed by atoms with E-state index in [9.17, 15) is 9.59 Å². The third-order valence-electron chi connectivity index (χ3n) is 1.52. The molecule has 2 N–H and O–H groups in total. The van der Waals surface area contributed by atoms with Crippen LogP contribution >= 0.6 is 0 Å². The van der Waals surface area contributed by atoms with E-state index in [1.807, 2.05) is 0 Å². The summed E-state index contributed by atoms with van der Waals surface area (Å²) in [6, 6.07) is 0. The first-order chi connectivity index (χ1) is 5.07. The summed E-state index contributed by atoms with van der Waals surface area (Å²) in [7, 11) is 0. The molecular formula is C6H9NO4. The Hall–Kier alpha value is -1.10. The first-order valence-corrected chi connectivity index (χ1v) is 3.17. The van der Waals surface area contributed by atoms with E-state index in [2.05, 4.69) is 5.32 Å². The van der Waals surface area contributed by atoms with Crippen molar-refractivity contribution in [2.45, 2.75) is 12.5 Å². The smallest absolute Gasteiger partial charge is 0.334 e. The van der Waals surface area contributed by atoms with Crippen LogP contribution in [-0.2, 0) is 14.3 Å². The van der Waals surface area contributed by atoms with Gasteiger partial charge in [-0.3, -0.25) is 4.79 Å². The van der Waals surface area contributed by atoms with E-state index in [0.29, 0.717) is 0 Å². The predicted molar refractivity (Wildman–Crippen MR) is 35.0 cm³/mol. The Morgan fingerprint density at radius 2 is 2.09 bits per heavy atom. The summed E-state index contributed by atoms with van der Waals surface area (Å²) in [5.41, 5.74) is -1.16. The van der Waals surface area contributed by atoms with Crippen LogP contribution in [0, 0.1) is 0 Å². The molecule has 1 amide bonds. The topological polar surface area (TPSA) is 75.6 Å². The van der Waals surface area contributed by atoms with Gasteiger partial charge in [0.15, 0.2) is 5.54 Å². The molecule has 0 unspecified atom stereocenters. The highest BCUT2D eigenvalue weighted by atomic mass is 16.5. The lowest BCUT2D eigenvalue weighted by Gasteiger charge is -2.37. The number of rotatable bonds is 2. The van der Waals surface area contributed by atoms with E-state index in [1.165, 1.54) is 6.92 Å². The fourth-order valence-electron chi connectivity index (χ4n) is 0.892. The van der Waals surface area contributed by atoms with Crippen molar-refractivity contribution in [1.82, 2.24) is 5.32 Å². The molecular weight excluding hydrogens is 150 g/mol. The molecule has 0 spiro atoms. The summed E-state index contributed by atoms with van der Waals surface area (Å²) in [4.78, 5) is 21.1. The van der Waals surface area contributed by atoms with E-state index in [1.54, 1.807) is 0 Å². The largest absolute Gasteiger partial charge is 0.479 e. The molecule has 11 heavy (non-hydrogen) atoms. The van der Waals surface area contributed by atoms with E-state index in [0.717, 1.165) is 0 Å². The second-order valence-corrected chi connectivity index (χ2v) is 2.56. The molecule has 1 fully saturated rings. The Labute approximate surface area is 63.3 Å². The fourth-order valence-corrected chi connectivity index (χ4v) is 0.892. The van der Waals surface area contributed by atoms with Crippen molar-refractivity contribution in [3.63, 3.8) is 0 Å². The SMILES string of the molecule is CC(=O)NC1(C(=O)O)COC1. The Balaban J connectivity index is 2.61. The van der Waals surface area contributed by atoms with Gasteiger partial charge < -0.3 is 15.2 Å². The number of ether oxygens (including phenoxy) is 1. The van der Waals surface area contributed by atoms with Crippen LogP contribution in [0.2, 0.25) is 0 Å². The Morgan fingerprint density at radius 1 is 1.55 bits per heavy atom. The van der Waals surface area contributed by atoms with Gasteiger partial charge in [0, 0.05) is 6.92 Å². The van der Waals surface area contributed by atoms with Gasteiger partial charge in [0.25, 0.3) is 0 Å². The zero-order chi connectivity index (χ0) is 8.48. The average Bonchev–Trinajstić information content (AvgIpc) is 1.77. The van der Waals surface area contributed by atoms with Crippen molar-refractivity contribution in [2.75, 3.05) is 13.2 Å². The second-order valence-electron chi connectivity index (χ2n) is 2.56. The van der Waals surface area contributed by atoms with Crippen LogP contribution in [0.25, 0.3) is 0 Å². The number of hydrogen-bond acceptors (Lipinski definition) is 3. The van der Waals surface area contributed by atoms with Gasteiger partial charge in [-0.05, 0) is 0 Å². The van der Waals surface area contributed by atoms with Crippen molar-refractivity contribution in [3.8, 4) is 0 Å². The van der Waals surface area contributed by atoms with Gasteiger partial charge in [0.1, 0.15) is 0 Å². The summed E-state index contributed by atoms with van der Waals surface area (Å²) < 4.78 is 4.70. The maximum Gasteiger partial charge on any atom is 0.334 e. The van der Waals surface area contributed by atoms with E-state index in [4.69, 9.17) is 9.84 Å². The molecule has 0 aromatic rings. The summed E-state index contributed by atoms with van der Waals surface area (Å²) in [6.45, 7) is 1.40. The quantitative estimate of drug-likeness (QED) is 0.540. The van der Waals surface area contributed by atoms with Crippen LogP contribution < -0.4 is 5.32 Å². The van der Waals surface area contributed by atoms with Crippen molar-refractivity contribution >= 4 is 11.9 Å². The molecule has 0 aromatic carbocycles. The van der Waals surface area contributed by atoms with Gasteiger partial charge in [0.2, 0.25) is 5.91 Å². The highest BCUT2D eigenvalue weighted by Gasteiger charge is 2.47. The lowest BCUT2D eigenvalue weighted by molar-refractivity contribution is -0.168. The van der Waals surface area contributed by atoms with Crippen molar-refractivity contribution in [2.24, 2.45) is 0 Å². The third kappa shape index (κ3) is 1.32. The zero-order valence-corrected chi connectivity index (χ0v) is 6.09. The summed E-state index contributed by atoms with van der Waals surface area (Å²) in [5, 5.41) is 11.0. The number of hydrogen-bond donors (Lipinski definition) is 2. The molecule has 62 valence electrons. The second kappa shape index (κ2) is 2.50. The van der Waals surface area contributed by atoms with Crippen LogP contribution in [-0.4, -0.2) is 35.7 Å². The standard InChI is InChI=1S/C6H9NO4/c1-4(8)7-6(5(9)10)2-11-3-6/h2-3H2,1H3,(H,7,8)(H,9,10). The molecule has 0 bridgehead atoms.